The van der Waals surface area contributed by atoms with E-state index in [4.69, 9.17) is 20.9 Å². The van der Waals surface area contributed by atoms with Crippen LogP contribution in [0, 0.1) is 0 Å². The first kappa shape index (κ1) is 24.5. The predicted molar refractivity (Wildman–Crippen MR) is 126 cm³/mol. The van der Waals surface area contributed by atoms with Crippen molar-refractivity contribution in [3.63, 3.8) is 0 Å². The molecule has 3 rings (SSSR count). The molecule has 1 heterocycles. The maximum Gasteiger partial charge on any atom is 0.263 e. The molecule has 0 saturated carbocycles. The molecule has 0 unspecified atom stereocenters. The number of anilines is 1. The normalized spacial score (nSPS) is 12.3. The quantitative estimate of drug-likeness (QED) is 0.449. The maximum absolute atomic E-state index is 12.9. The van der Waals surface area contributed by atoms with Gasteiger partial charge in [-0.1, -0.05) is 23.7 Å². The van der Waals surface area contributed by atoms with Crippen molar-refractivity contribution in [3.8, 4) is 17.1 Å². The molecule has 1 atom stereocenters. The summed E-state index contributed by atoms with van der Waals surface area (Å²) in [5.74, 6) is 0.905. The average Bonchev–Trinajstić information content (AvgIpc) is 3.25. The van der Waals surface area contributed by atoms with Gasteiger partial charge in [0.25, 0.3) is 5.91 Å². The molecule has 0 aliphatic carbocycles. The predicted octanol–water partition coefficient (Wildman–Crippen LogP) is 3.60. The minimum atomic E-state index is -3.36. The Morgan fingerprint density at radius 3 is 2.33 bits per heavy atom. The number of amides is 1. The SMILES string of the molecule is CC[C@@H](Oc1ccc(N(C)S(C)(=O)=O)cc1)C(=O)N(C)Cc1nc(-c2ccc(Cl)cc2)no1. The fourth-order valence-corrected chi connectivity index (χ4v) is 3.59. The molecule has 33 heavy (non-hydrogen) atoms. The number of nitrogens with zero attached hydrogens (tertiary/aromatic N) is 4. The molecule has 1 aromatic heterocycles. The van der Waals surface area contributed by atoms with E-state index in [9.17, 15) is 13.2 Å². The molecule has 0 saturated heterocycles. The van der Waals surface area contributed by atoms with Gasteiger partial charge in [0.1, 0.15) is 5.75 Å². The van der Waals surface area contributed by atoms with Crippen LogP contribution in [0.4, 0.5) is 5.69 Å². The Hall–Kier alpha value is -3.11. The van der Waals surface area contributed by atoms with Crippen molar-refractivity contribution >= 4 is 33.2 Å². The Morgan fingerprint density at radius 2 is 1.76 bits per heavy atom. The minimum Gasteiger partial charge on any atom is -0.481 e. The number of hydrogen-bond acceptors (Lipinski definition) is 7. The van der Waals surface area contributed by atoms with Crippen LogP contribution in [0.5, 0.6) is 5.75 Å². The van der Waals surface area contributed by atoms with Crippen molar-refractivity contribution in [1.29, 1.82) is 0 Å². The number of carbonyl (C=O) groups excluding carboxylic acids is 1. The van der Waals surface area contributed by atoms with Gasteiger partial charge >= 0.3 is 0 Å². The van der Waals surface area contributed by atoms with E-state index in [0.717, 1.165) is 16.1 Å². The molecule has 0 bridgehead atoms. The summed E-state index contributed by atoms with van der Waals surface area (Å²) in [6.45, 7) is 1.96. The Labute approximate surface area is 198 Å². The van der Waals surface area contributed by atoms with Crippen molar-refractivity contribution in [1.82, 2.24) is 15.0 Å². The van der Waals surface area contributed by atoms with Gasteiger partial charge in [0.2, 0.25) is 21.7 Å². The highest BCUT2D eigenvalue weighted by molar-refractivity contribution is 7.92. The lowest BCUT2D eigenvalue weighted by molar-refractivity contribution is -0.138. The van der Waals surface area contributed by atoms with Crippen LogP contribution in [-0.4, -0.2) is 55.8 Å². The molecule has 11 heteroatoms. The standard InChI is InChI=1S/C22H25ClN4O5S/c1-5-19(31-18-12-10-17(11-13-18)27(3)33(4,29)30)22(28)26(2)14-20-24-21(25-32-20)15-6-8-16(23)9-7-15/h6-13,19H,5,14H2,1-4H3/t19-/m1/s1. The highest BCUT2D eigenvalue weighted by Gasteiger charge is 2.24. The van der Waals surface area contributed by atoms with Gasteiger partial charge in [-0.15, -0.1) is 0 Å². The number of benzene rings is 2. The highest BCUT2D eigenvalue weighted by atomic mass is 35.5. The van der Waals surface area contributed by atoms with Crippen molar-refractivity contribution < 1.29 is 22.5 Å². The molecule has 2 aromatic carbocycles. The van der Waals surface area contributed by atoms with Crippen LogP contribution < -0.4 is 9.04 Å². The van der Waals surface area contributed by atoms with Crippen molar-refractivity contribution in [2.45, 2.75) is 26.0 Å². The molecule has 0 N–H and O–H groups in total. The minimum absolute atomic E-state index is 0.122. The van der Waals surface area contributed by atoms with Gasteiger partial charge in [-0.3, -0.25) is 9.10 Å². The molecule has 0 aliphatic rings. The largest absolute Gasteiger partial charge is 0.481 e. The van der Waals surface area contributed by atoms with E-state index >= 15 is 0 Å². The zero-order valence-corrected chi connectivity index (χ0v) is 20.3. The number of aromatic nitrogens is 2. The summed E-state index contributed by atoms with van der Waals surface area (Å²) in [6, 6.07) is 13.5. The molecule has 0 spiro atoms. The summed E-state index contributed by atoms with van der Waals surface area (Å²) in [7, 11) is -0.267. The Kier molecular flexibility index (Phi) is 7.60. The number of hydrogen-bond donors (Lipinski definition) is 0. The van der Waals surface area contributed by atoms with Crippen molar-refractivity contribution in [3.05, 3.63) is 59.4 Å². The van der Waals surface area contributed by atoms with Crippen LogP contribution in [0.1, 0.15) is 19.2 Å². The summed E-state index contributed by atoms with van der Waals surface area (Å²) in [5.41, 5.74) is 1.25. The molecule has 3 aromatic rings. The van der Waals surface area contributed by atoms with Gasteiger partial charge in [-0.25, -0.2) is 8.42 Å². The second-order valence-corrected chi connectivity index (χ2v) is 9.90. The lowest BCUT2D eigenvalue weighted by Crippen LogP contribution is -2.39. The van der Waals surface area contributed by atoms with Crippen LogP contribution in [0.3, 0.4) is 0 Å². The number of halogens is 1. The maximum atomic E-state index is 12.9. The zero-order valence-electron chi connectivity index (χ0n) is 18.7. The third-order valence-electron chi connectivity index (χ3n) is 4.94. The molecular weight excluding hydrogens is 468 g/mol. The number of ether oxygens (including phenoxy) is 1. The second kappa shape index (κ2) is 10.2. The van der Waals surface area contributed by atoms with E-state index in [-0.39, 0.29) is 12.5 Å². The van der Waals surface area contributed by atoms with Gasteiger partial charge in [0.15, 0.2) is 6.10 Å². The monoisotopic (exact) mass is 492 g/mol. The van der Waals surface area contributed by atoms with Crippen molar-refractivity contribution in [2.24, 2.45) is 0 Å². The van der Waals surface area contributed by atoms with E-state index in [1.807, 2.05) is 6.92 Å². The van der Waals surface area contributed by atoms with Gasteiger partial charge in [0.05, 0.1) is 18.5 Å². The van der Waals surface area contributed by atoms with E-state index in [1.54, 1.807) is 55.6 Å². The zero-order chi connectivity index (χ0) is 24.2. The summed E-state index contributed by atoms with van der Waals surface area (Å²) in [6.07, 6.45) is 0.835. The third kappa shape index (κ3) is 6.23. The second-order valence-electron chi connectivity index (χ2n) is 7.45. The number of carbonyl (C=O) groups is 1. The van der Waals surface area contributed by atoms with Gasteiger partial charge in [-0.05, 0) is 55.0 Å². The number of sulfonamides is 1. The Bertz CT molecular complexity index is 1200. The summed E-state index contributed by atoms with van der Waals surface area (Å²) < 4.78 is 35.6. The van der Waals surface area contributed by atoms with E-state index < -0.39 is 16.1 Å². The summed E-state index contributed by atoms with van der Waals surface area (Å²) in [5, 5.41) is 4.56. The van der Waals surface area contributed by atoms with Gasteiger partial charge in [0, 0.05) is 24.7 Å². The van der Waals surface area contributed by atoms with Crippen molar-refractivity contribution in [2.75, 3.05) is 24.7 Å². The topological polar surface area (TPSA) is 106 Å². The smallest absolute Gasteiger partial charge is 0.263 e. The summed E-state index contributed by atoms with van der Waals surface area (Å²) in [4.78, 5) is 18.7. The van der Waals surface area contributed by atoms with Crippen LogP contribution >= 0.6 is 11.6 Å². The lowest BCUT2D eigenvalue weighted by atomic mass is 10.2. The number of likely N-dealkylation sites (N-methyl/N-ethyl adjacent to an activating group) is 1. The molecular formula is C22H25ClN4O5S. The number of rotatable bonds is 9. The molecule has 1 amide bonds. The molecule has 0 radical (unpaired) electrons. The van der Waals surface area contributed by atoms with Crippen LogP contribution in [0.15, 0.2) is 53.1 Å². The van der Waals surface area contributed by atoms with Crippen LogP contribution in [-0.2, 0) is 21.4 Å². The summed E-state index contributed by atoms with van der Waals surface area (Å²) >= 11 is 5.90. The highest BCUT2D eigenvalue weighted by Crippen LogP contribution is 2.23. The van der Waals surface area contributed by atoms with Crippen LogP contribution in [0.25, 0.3) is 11.4 Å². The Balaban J connectivity index is 1.63. The average molecular weight is 493 g/mol. The van der Waals surface area contributed by atoms with Crippen LogP contribution in [0.2, 0.25) is 5.02 Å². The Morgan fingerprint density at radius 1 is 1.12 bits per heavy atom. The third-order valence-corrected chi connectivity index (χ3v) is 6.40. The van der Waals surface area contributed by atoms with Gasteiger partial charge < -0.3 is 14.2 Å². The first-order valence-corrected chi connectivity index (χ1v) is 12.3. The molecule has 176 valence electrons. The fraction of sp³-hybridized carbons (Fsp3) is 0.318. The fourth-order valence-electron chi connectivity index (χ4n) is 2.96. The van der Waals surface area contributed by atoms with Gasteiger partial charge in [-0.2, -0.15) is 4.98 Å². The first-order chi connectivity index (χ1) is 15.6. The lowest BCUT2D eigenvalue weighted by Gasteiger charge is -2.23. The first-order valence-electron chi connectivity index (χ1n) is 10.1. The van der Waals surface area contributed by atoms with E-state index in [1.165, 1.54) is 11.9 Å². The van der Waals surface area contributed by atoms with E-state index in [0.29, 0.717) is 34.6 Å². The molecule has 0 aliphatic heterocycles. The molecule has 9 nitrogen and oxygen atoms in total. The molecule has 0 fully saturated rings. The van der Waals surface area contributed by atoms with E-state index in [2.05, 4.69) is 10.1 Å².